The molecule has 1 aliphatic heterocycles. The molecule has 5 heteroatoms. The number of nitrogens with zero attached hydrogens (tertiary/aromatic N) is 1. The maximum atomic E-state index is 10.5. The minimum atomic E-state index is -0.474. The summed E-state index contributed by atoms with van der Waals surface area (Å²) in [6, 6.07) is 8.25. The fraction of sp³-hybridized carbons (Fsp3) is 0.533. The zero-order valence-corrected chi connectivity index (χ0v) is 11.9. The highest BCUT2D eigenvalue weighted by Crippen LogP contribution is 2.20. The molecular weight excluding hydrogens is 252 g/mol. The number of piperidine rings is 1. The van der Waals surface area contributed by atoms with Crippen LogP contribution < -0.4 is 21.3 Å². The summed E-state index contributed by atoms with van der Waals surface area (Å²) in [6.07, 6.45) is 3.96. The van der Waals surface area contributed by atoms with Gasteiger partial charge in [0.05, 0.1) is 0 Å². The number of anilines is 1. The van der Waals surface area contributed by atoms with Crippen LogP contribution in [-0.2, 0) is 6.54 Å². The largest absolute Gasteiger partial charge is 0.372 e. The van der Waals surface area contributed by atoms with Crippen LogP contribution in [0.25, 0.3) is 0 Å². The van der Waals surface area contributed by atoms with Crippen molar-refractivity contribution in [2.45, 2.75) is 25.8 Å². The van der Waals surface area contributed by atoms with Crippen LogP contribution in [0.15, 0.2) is 24.3 Å². The first kappa shape index (κ1) is 14.7. The molecule has 1 aromatic rings. The lowest BCUT2D eigenvalue weighted by Crippen LogP contribution is -2.35. The number of hydrogen-bond donors (Lipinski definition) is 3. The van der Waals surface area contributed by atoms with Gasteiger partial charge in [0.1, 0.15) is 0 Å². The van der Waals surface area contributed by atoms with Gasteiger partial charge in [-0.2, -0.15) is 0 Å². The molecule has 5 nitrogen and oxygen atoms in total. The Balaban J connectivity index is 1.72. The number of nitrogens with one attached hydrogen (secondary N) is 2. The Labute approximate surface area is 120 Å². The van der Waals surface area contributed by atoms with Gasteiger partial charge in [0.15, 0.2) is 0 Å². The summed E-state index contributed by atoms with van der Waals surface area (Å²) in [7, 11) is 0. The molecule has 1 saturated heterocycles. The van der Waals surface area contributed by atoms with E-state index in [9.17, 15) is 4.79 Å². The fourth-order valence-corrected chi connectivity index (χ4v) is 2.48. The summed E-state index contributed by atoms with van der Waals surface area (Å²) < 4.78 is 0. The third-order valence-electron chi connectivity index (χ3n) is 3.59. The van der Waals surface area contributed by atoms with E-state index in [1.807, 2.05) is 0 Å². The molecule has 1 heterocycles. The lowest BCUT2D eigenvalue weighted by atomic mass is 10.1. The van der Waals surface area contributed by atoms with Crippen molar-refractivity contribution in [3.63, 3.8) is 0 Å². The van der Waals surface area contributed by atoms with E-state index >= 15 is 0 Å². The van der Waals surface area contributed by atoms with Gasteiger partial charge in [0, 0.05) is 38.4 Å². The number of hydrogen-bond acceptors (Lipinski definition) is 3. The summed E-state index contributed by atoms with van der Waals surface area (Å²) in [4.78, 5) is 13.0. The average molecular weight is 276 g/mol. The number of benzene rings is 1. The van der Waals surface area contributed by atoms with Crippen molar-refractivity contribution < 1.29 is 4.79 Å². The molecule has 2 rings (SSSR count). The van der Waals surface area contributed by atoms with Gasteiger partial charge in [-0.05, 0) is 37.0 Å². The van der Waals surface area contributed by atoms with Crippen molar-refractivity contribution in [3.8, 4) is 0 Å². The zero-order chi connectivity index (χ0) is 14.2. The summed E-state index contributed by atoms with van der Waals surface area (Å²) >= 11 is 0. The molecule has 1 aromatic carbocycles. The number of primary amides is 1. The van der Waals surface area contributed by atoms with Crippen LogP contribution >= 0.6 is 0 Å². The molecule has 1 aliphatic rings. The molecular formula is C15H24N4O. The minimum Gasteiger partial charge on any atom is -0.372 e. The Hall–Kier alpha value is -1.75. The van der Waals surface area contributed by atoms with Crippen LogP contribution in [0.1, 0.15) is 24.8 Å². The monoisotopic (exact) mass is 276 g/mol. The quantitative estimate of drug-likeness (QED) is 0.688. The number of nitrogens with two attached hydrogens (primary N) is 1. The number of carbonyl (C=O) groups is 1. The second-order valence-corrected chi connectivity index (χ2v) is 5.18. The van der Waals surface area contributed by atoms with Crippen molar-refractivity contribution in [1.29, 1.82) is 0 Å². The number of amides is 2. The second-order valence-electron chi connectivity index (χ2n) is 5.18. The van der Waals surface area contributed by atoms with Gasteiger partial charge in [-0.1, -0.05) is 12.1 Å². The number of urea groups is 1. The minimum absolute atomic E-state index is 0.474. The van der Waals surface area contributed by atoms with Gasteiger partial charge in [0.25, 0.3) is 0 Å². The molecule has 4 N–H and O–H groups in total. The van der Waals surface area contributed by atoms with E-state index in [1.165, 1.54) is 43.6 Å². The molecule has 0 saturated carbocycles. The SMILES string of the molecule is NC(=O)NCCNCc1ccc(N2CCCCC2)cc1. The summed E-state index contributed by atoms with van der Waals surface area (Å²) in [5.74, 6) is 0. The van der Waals surface area contributed by atoms with Crippen LogP contribution in [0.2, 0.25) is 0 Å². The van der Waals surface area contributed by atoms with Crippen LogP contribution in [0.5, 0.6) is 0 Å². The second kappa shape index (κ2) is 7.75. The van der Waals surface area contributed by atoms with E-state index in [2.05, 4.69) is 39.8 Å². The van der Waals surface area contributed by atoms with Gasteiger partial charge in [-0.3, -0.25) is 0 Å². The highest BCUT2D eigenvalue weighted by molar-refractivity contribution is 5.71. The Bertz CT molecular complexity index is 412. The average Bonchev–Trinajstić information content (AvgIpc) is 2.48. The molecule has 0 aromatic heterocycles. The predicted molar refractivity (Wildman–Crippen MR) is 81.8 cm³/mol. The van der Waals surface area contributed by atoms with Gasteiger partial charge < -0.3 is 21.3 Å². The van der Waals surface area contributed by atoms with Crippen LogP contribution in [0.3, 0.4) is 0 Å². The molecule has 0 spiro atoms. The summed E-state index contributed by atoms with van der Waals surface area (Å²) in [6.45, 7) is 4.44. The molecule has 0 atom stereocenters. The normalized spacial score (nSPS) is 15.1. The number of rotatable bonds is 6. The Morgan fingerprint density at radius 3 is 2.45 bits per heavy atom. The molecule has 0 unspecified atom stereocenters. The Kier molecular flexibility index (Phi) is 5.68. The summed E-state index contributed by atoms with van der Waals surface area (Å²) in [5, 5.41) is 5.83. The highest BCUT2D eigenvalue weighted by atomic mass is 16.2. The molecule has 1 fully saturated rings. The lowest BCUT2D eigenvalue weighted by Gasteiger charge is -2.28. The topological polar surface area (TPSA) is 70.4 Å². The Morgan fingerprint density at radius 1 is 1.10 bits per heavy atom. The van der Waals surface area contributed by atoms with E-state index in [1.54, 1.807) is 0 Å². The Morgan fingerprint density at radius 2 is 1.80 bits per heavy atom. The van der Waals surface area contributed by atoms with Gasteiger partial charge in [-0.15, -0.1) is 0 Å². The van der Waals surface area contributed by atoms with E-state index < -0.39 is 6.03 Å². The van der Waals surface area contributed by atoms with Crippen LogP contribution in [-0.4, -0.2) is 32.2 Å². The van der Waals surface area contributed by atoms with Crippen LogP contribution in [0, 0.1) is 0 Å². The molecule has 0 radical (unpaired) electrons. The first-order chi connectivity index (χ1) is 9.75. The van der Waals surface area contributed by atoms with E-state index in [4.69, 9.17) is 5.73 Å². The van der Waals surface area contributed by atoms with Crippen molar-refractivity contribution in [2.75, 3.05) is 31.1 Å². The van der Waals surface area contributed by atoms with Crippen molar-refractivity contribution in [1.82, 2.24) is 10.6 Å². The molecule has 0 aliphatic carbocycles. The maximum Gasteiger partial charge on any atom is 0.312 e. The molecule has 20 heavy (non-hydrogen) atoms. The molecule has 110 valence electrons. The number of carbonyl (C=O) groups excluding carboxylic acids is 1. The fourth-order valence-electron chi connectivity index (χ4n) is 2.48. The van der Waals surface area contributed by atoms with Crippen LogP contribution in [0.4, 0.5) is 10.5 Å². The van der Waals surface area contributed by atoms with Gasteiger partial charge in [0.2, 0.25) is 0 Å². The first-order valence-electron chi connectivity index (χ1n) is 7.33. The van der Waals surface area contributed by atoms with E-state index in [0.29, 0.717) is 6.54 Å². The third-order valence-corrected chi connectivity index (χ3v) is 3.59. The third kappa shape index (κ3) is 4.74. The van der Waals surface area contributed by atoms with Gasteiger partial charge >= 0.3 is 6.03 Å². The standard InChI is InChI=1S/C15H24N4O/c16-15(20)18-9-8-17-12-13-4-6-14(7-5-13)19-10-2-1-3-11-19/h4-7,17H,1-3,8-12H2,(H3,16,18,20). The molecule has 0 bridgehead atoms. The predicted octanol–water partition coefficient (Wildman–Crippen LogP) is 1.43. The van der Waals surface area contributed by atoms with E-state index in [0.717, 1.165) is 13.1 Å². The van der Waals surface area contributed by atoms with Crippen molar-refractivity contribution in [3.05, 3.63) is 29.8 Å². The van der Waals surface area contributed by atoms with Crippen molar-refractivity contribution >= 4 is 11.7 Å². The summed E-state index contributed by atoms with van der Waals surface area (Å²) in [5.41, 5.74) is 7.57. The van der Waals surface area contributed by atoms with E-state index in [-0.39, 0.29) is 0 Å². The van der Waals surface area contributed by atoms with Gasteiger partial charge in [-0.25, -0.2) is 4.79 Å². The highest BCUT2D eigenvalue weighted by Gasteiger charge is 2.10. The smallest absolute Gasteiger partial charge is 0.312 e. The van der Waals surface area contributed by atoms with Crippen molar-refractivity contribution in [2.24, 2.45) is 5.73 Å². The lowest BCUT2D eigenvalue weighted by molar-refractivity contribution is 0.249. The zero-order valence-electron chi connectivity index (χ0n) is 11.9. The molecule has 2 amide bonds. The first-order valence-corrected chi connectivity index (χ1v) is 7.33. The maximum absolute atomic E-state index is 10.5.